The second kappa shape index (κ2) is 8.02. The normalized spacial score (nSPS) is 18.8. The van der Waals surface area contributed by atoms with E-state index in [4.69, 9.17) is 0 Å². The van der Waals surface area contributed by atoms with Crippen LogP contribution in [-0.4, -0.2) is 37.6 Å². The molecule has 1 aliphatic heterocycles. The van der Waals surface area contributed by atoms with Gasteiger partial charge in [-0.3, -0.25) is 0 Å². The molecule has 1 aliphatic rings. The highest BCUT2D eigenvalue weighted by molar-refractivity contribution is 4.65. The Kier molecular flexibility index (Phi) is 7.96. The third-order valence-electron chi connectivity index (χ3n) is 1.75. The summed E-state index contributed by atoms with van der Waals surface area (Å²) >= 11 is 0. The van der Waals surface area contributed by atoms with Crippen LogP contribution in [0, 0.1) is 0 Å². The predicted molar refractivity (Wildman–Crippen MR) is 50.9 cm³/mol. The molecule has 68 valence electrons. The lowest BCUT2D eigenvalue weighted by molar-refractivity contribution is 0.241. The van der Waals surface area contributed by atoms with Crippen molar-refractivity contribution in [1.29, 1.82) is 0 Å². The van der Waals surface area contributed by atoms with Crippen molar-refractivity contribution in [2.45, 2.75) is 27.2 Å². The average Bonchev–Trinajstić information content (AvgIpc) is 2.11. The molecule has 1 rings (SSSR count). The molecule has 2 nitrogen and oxygen atoms in total. The summed E-state index contributed by atoms with van der Waals surface area (Å²) in [7, 11) is 0. The maximum absolute atomic E-state index is 3.33. The van der Waals surface area contributed by atoms with E-state index >= 15 is 0 Å². The first-order valence-electron chi connectivity index (χ1n) is 4.86. The van der Waals surface area contributed by atoms with Crippen molar-refractivity contribution in [1.82, 2.24) is 10.2 Å². The van der Waals surface area contributed by atoms with Gasteiger partial charge >= 0.3 is 0 Å². The van der Waals surface area contributed by atoms with E-state index in [1.165, 1.54) is 39.1 Å². The molecule has 11 heavy (non-hydrogen) atoms. The monoisotopic (exact) mass is 158 g/mol. The maximum Gasteiger partial charge on any atom is 0.0107 e. The van der Waals surface area contributed by atoms with Crippen LogP contribution < -0.4 is 5.32 Å². The Labute approximate surface area is 71.0 Å². The van der Waals surface area contributed by atoms with Gasteiger partial charge in [-0.05, 0) is 13.0 Å². The Morgan fingerprint density at radius 1 is 1.18 bits per heavy atom. The van der Waals surface area contributed by atoms with Gasteiger partial charge < -0.3 is 10.2 Å². The molecule has 0 aromatic rings. The Hall–Kier alpha value is -0.0800. The molecule has 0 bridgehead atoms. The zero-order chi connectivity index (χ0) is 8.53. The molecule has 0 aliphatic carbocycles. The van der Waals surface area contributed by atoms with Crippen molar-refractivity contribution in [3.05, 3.63) is 0 Å². The van der Waals surface area contributed by atoms with Gasteiger partial charge in [0.1, 0.15) is 0 Å². The molecule has 0 spiro atoms. The lowest BCUT2D eigenvalue weighted by atomic mass is 10.3. The van der Waals surface area contributed by atoms with E-state index < -0.39 is 0 Å². The van der Waals surface area contributed by atoms with E-state index in [9.17, 15) is 0 Å². The van der Waals surface area contributed by atoms with Crippen LogP contribution in [0.4, 0.5) is 0 Å². The van der Waals surface area contributed by atoms with Crippen LogP contribution in [0.5, 0.6) is 0 Å². The zero-order valence-electron chi connectivity index (χ0n) is 8.19. The summed E-state index contributed by atoms with van der Waals surface area (Å²) in [6.45, 7) is 12.4. The average molecular weight is 158 g/mol. The smallest absolute Gasteiger partial charge is 0.0107 e. The van der Waals surface area contributed by atoms with Crippen LogP contribution in [0.1, 0.15) is 27.2 Å². The minimum atomic E-state index is 1.18. The van der Waals surface area contributed by atoms with E-state index in [0.717, 1.165) is 0 Å². The van der Waals surface area contributed by atoms with Crippen LogP contribution in [0.15, 0.2) is 0 Å². The molecule has 0 unspecified atom stereocenters. The minimum Gasteiger partial charge on any atom is -0.314 e. The summed E-state index contributed by atoms with van der Waals surface area (Å²) in [5.74, 6) is 0. The first kappa shape index (κ1) is 10.9. The van der Waals surface area contributed by atoms with E-state index in [2.05, 4.69) is 17.1 Å². The van der Waals surface area contributed by atoms with Crippen molar-refractivity contribution in [3.63, 3.8) is 0 Å². The van der Waals surface area contributed by atoms with Crippen molar-refractivity contribution >= 4 is 0 Å². The fourth-order valence-electron chi connectivity index (χ4n) is 1.25. The largest absolute Gasteiger partial charge is 0.314 e. The summed E-state index contributed by atoms with van der Waals surface area (Å²) in [5.41, 5.74) is 0. The van der Waals surface area contributed by atoms with Crippen molar-refractivity contribution < 1.29 is 0 Å². The van der Waals surface area contributed by atoms with Crippen LogP contribution in [0.25, 0.3) is 0 Å². The molecule has 1 N–H and O–H groups in total. The highest BCUT2D eigenvalue weighted by Gasteiger charge is 2.06. The molecule has 0 aromatic carbocycles. The molecule has 0 aromatic heterocycles. The van der Waals surface area contributed by atoms with Gasteiger partial charge in [0.25, 0.3) is 0 Å². The molecule has 0 atom stereocenters. The summed E-state index contributed by atoms with van der Waals surface area (Å²) in [4.78, 5) is 2.51. The SMILES string of the molecule is CC.CCCN1CCNCC1. The van der Waals surface area contributed by atoms with E-state index in [1.807, 2.05) is 13.8 Å². The number of hydrogen-bond donors (Lipinski definition) is 1. The first-order chi connectivity index (χ1) is 5.43. The van der Waals surface area contributed by atoms with Crippen LogP contribution in [-0.2, 0) is 0 Å². The van der Waals surface area contributed by atoms with Gasteiger partial charge in [0.2, 0.25) is 0 Å². The molecule has 1 heterocycles. The fourth-order valence-corrected chi connectivity index (χ4v) is 1.25. The Balaban J connectivity index is 0.000000461. The number of hydrogen-bond acceptors (Lipinski definition) is 2. The highest BCUT2D eigenvalue weighted by Crippen LogP contribution is 1.92. The number of piperazine rings is 1. The van der Waals surface area contributed by atoms with Gasteiger partial charge in [-0.15, -0.1) is 0 Å². The first-order valence-corrected chi connectivity index (χ1v) is 4.86. The molecule has 0 amide bonds. The maximum atomic E-state index is 3.33. The van der Waals surface area contributed by atoms with Gasteiger partial charge in [0.05, 0.1) is 0 Å². The summed E-state index contributed by atoms with van der Waals surface area (Å²) in [6.07, 6.45) is 1.29. The molecule has 0 radical (unpaired) electrons. The van der Waals surface area contributed by atoms with Crippen molar-refractivity contribution in [3.8, 4) is 0 Å². The van der Waals surface area contributed by atoms with Gasteiger partial charge in [0, 0.05) is 26.2 Å². The summed E-state index contributed by atoms with van der Waals surface area (Å²) in [6, 6.07) is 0. The molecule has 1 fully saturated rings. The van der Waals surface area contributed by atoms with E-state index in [1.54, 1.807) is 0 Å². The quantitative estimate of drug-likeness (QED) is 0.652. The summed E-state index contributed by atoms with van der Waals surface area (Å²) in [5, 5.41) is 3.33. The van der Waals surface area contributed by atoms with Crippen molar-refractivity contribution in [2.75, 3.05) is 32.7 Å². The van der Waals surface area contributed by atoms with E-state index in [-0.39, 0.29) is 0 Å². The zero-order valence-corrected chi connectivity index (χ0v) is 8.19. The predicted octanol–water partition coefficient (Wildman–Crippen LogP) is 1.33. The Morgan fingerprint density at radius 3 is 2.18 bits per heavy atom. The number of nitrogens with one attached hydrogen (secondary N) is 1. The topological polar surface area (TPSA) is 15.3 Å². The number of nitrogens with zero attached hydrogens (tertiary/aromatic N) is 1. The van der Waals surface area contributed by atoms with Crippen LogP contribution in [0.3, 0.4) is 0 Å². The highest BCUT2D eigenvalue weighted by atomic mass is 15.2. The standard InChI is InChI=1S/C7H16N2.C2H6/c1-2-5-9-6-3-8-4-7-9;1-2/h8H,2-7H2,1H3;1-2H3. The van der Waals surface area contributed by atoms with Crippen LogP contribution in [0.2, 0.25) is 0 Å². The summed E-state index contributed by atoms with van der Waals surface area (Å²) < 4.78 is 0. The van der Waals surface area contributed by atoms with E-state index in [0.29, 0.717) is 0 Å². The lowest BCUT2D eigenvalue weighted by Gasteiger charge is -2.26. The molecule has 1 saturated heterocycles. The third kappa shape index (κ3) is 5.22. The molecular formula is C9H22N2. The Bertz CT molecular complexity index is 65.2. The van der Waals surface area contributed by atoms with Crippen molar-refractivity contribution in [2.24, 2.45) is 0 Å². The van der Waals surface area contributed by atoms with Gasteiger partial charge in [-0.2, -0.15) is 0 Å². The molecule has 2 heteroatoms. The molecular weight excluding hydrogens is 136 g/mol. The lowest BCUT2D eigenvalue weighted by Crippen LogP contribution is -2.43. The van der Waals surface area contributed by atoms with Gasteiger partial charge in [-0.1, -0.05) is 20.8 Å². The number of rotatable bonds is 2. The van der Waals surface area contributed by atoms with Gasteiger partial charge in [-0.25, -0.2) is 0 Å². The molecule has 0 saturated carbocycles. The Morgan fingerprint density at radius 2 is 1.73 bits per heavy atom. The second-order valence-electron chi connectivity index (χ2n) is 2.59. The van der Waals surface area contributed by atoms with Gasteiger partial charge in [0.15, 0.2) is 0 Å². The second-order valence-corrected chi connectivity index (χ2v) is 2.59. The van der Waals surface area contributed by atoms with Crippen LogP contribution >= 0.6 is 0 Å². The fraction of sp³-hybridized carbons (Fsp3) is 1.00. The third-order valence-corrected chi connectivity index (χ3v) is 1.75. The minimum absolute atomic E-state index is 1.18.